The second-order valence-electron chi connectivity index (χ2n) is 5.56. The van der Waals surface area contributed by atoms with Crippen molar-refractivity contribution >= 4 is 0 Å². The van der Waals surface area contributed by atoms with Crippen molar-refractivity contribution in [2.45, 2.75) is 39.5 Å². The lowest BCUT2D eigenvalue weighted by Gasteiger charge is -2.14. The molecule has 3 nitrogen and oxygen atoms in total. The van der Waals surface area contributed by atoms with E-state index in [1.54, 1.807) is 25.3 Å². The van der Waals surface area contributed by atoms with Crippen molar-refractivity contribution in [3.05, 3.63) is 59.4 Å². The third-order valence-corrected chi connectivity index (χ3v) is 3.84. The van der Waals surface area contributed by atoms with Crippen molar-refractivity contribution in [3.8, 4) is 11.5 Å². The number of nitrogens with one attached hydrogen (secondary N) is 1. The van der Waals surface area contributed by atoms with Crippen molar-refractivity contribution in [2.24, 2.45) is 0 Å². The third kappa shape index (κ3) is 4.96. The number of ether oxygens (including phenoxy) is 2. The first-order valence-corrected chi connectivity index (χ1v) is 7.90. The monoisotopic (exact) mass is 317 g/mol. The SMILES string of the molecule is CCC(C)NCc1ccc(OCc2ccccc2F)c(OC)c1. The van der Waals surface area contributed by atoms with Crippen LogP contribution >= 0.6 is 0 Å². The highest BCUT2D eigenvalue weighted by Crippen LogP contribution is 2.29. The van der Waals surface area contributed by atoms with Gasteiger partial charge >= 0.3 is 0 Å². The molecule has 0 aliphatic carbocycles. The third-order valence-electron chi connectivity index (χ3n) is 3.84. The van der Waals surface area contributed by atoms with Gasteiger partial charge in [0, 0.05) is 18.2 Å². The zero-order valence-electron chi connectivity index (χ0n) is 13.9. The van der Waals surface area contributed by atoms with E-state index < -0.39 is 0 Å². The molecule has 2 rings (SSSR count). The van der Waals surface area contributed by atoms with E-state index in [4.69, 9.17) is 9.47 Å². The Kier molecular flexibility index (Phi) is 6.41. The summed E-state index contributed by atoms with van der Waals surface area (Å²) in [6.45, 7) is 5.26. The molecule has 0 fully saturated rings. The molecule has 4 heteroatoms. The molecule has 0 aliphatic rings. The molecule has 1 N–H and O–H groups in total. The predicted molar refractivity (Wildman–Crippen MR) is 90.3 cm³/mol. The number of benzene rings is 2. The second-order valence-corrected chi connectivity index (χ2v) is 5.56. The van der Waals surface area contributed by atoms with Gasteiger partial charge in [-0.25, -0.2) is 4.39 Å². The summed E-state index contributed by atoms with van der Waals surface area (Å²) >= 11 is 0. The maximum Gasteiger partial charge on any atom is 0.161 e. The Bertz CT molecular complexity index is 631. The molecule has 1 atom stereocenters. The Morgan fingerprint density at radius 3 is 2.61 bits per heavy atom. The molecule has 0 saturated carbocycles. The van der Waals surface area contributed by atoms with Gasteiger partial charge in [0.1, 0.15) is 12.4 Å². The van der Waals surface area contributed by atoms with Crippen molar-refractivity contribution in [2.75, 3.05) is 7.11 Å². The summed E-state index contributed by atoms with van der Waals surface area (Å²) in [6, 6.07) is 12.9. The summed E-state index contributed by atoms with van der Waals surface area (Å²) in [5, 5.41) is 3.44. The van der Waals surface area contributed by atoms with Gasteiger partial charge in [0.25, 0.3) is 0 Å². The van der Waals surface area contributed by atoms with Crippen LogP contribution in [0.1, 0.15) is 31.4 Å². The van der Waals surface area contributed by atoms with Crippen molar-refractivity contribution in [1.29, 1.82) is 0 Å². The Labute approximate surface area is 137 Å². The minimum absolute atomic E-state index is 0.174. The lowest BCUT2D eigenvalue weighted by molar-refractivity contribution is 0.279. The number of rotatable bonds is 8. The fourth-order valence-corrected chi connectivity index (χ4v) is 2.15. The molecule has 2 aromatic rings. The summed E-state index contributed by atoms with van der Waals surface area (Å²) in [5.41, 5.74) is 1.65. The molecular formula is C19H24FNO2. The standard InChI is InChI=1S/C19H24FNO2/c1-4-14(2)21-12-15-9-10-18(19(11-15)22-3)23-13-16-7-5-6-8-17(16)20/h5-11,14,21H,4,12-13H2,1-3H3. The molecular weight excluding hydrogens is 293 g/mol. The van der Waals surface area contributed by atoms with E-state index >= 15 is 0 Å². The highest BCUT2D eigenvalue weighted by molar-refractivity contribution is 5.43. The van der Waals surface area contributed by atoms with Crippen LogP contribution in [0, 0.1) is 5.82 Å². The van der Waals surface area contributed by atoms with E-state index in [2.05, 4.69) is 19.2 Å². The van der Waals surface area contributed by atoms with Gasteiger partial charge in [-0.05, 0) is 37.1 Å². The van der Waals surface area contributed by atoms with Gasteiger partial charge in [-0.1, -0.05) is 31.2 Å². The molecule has 0 aliphatic heterocycles. The zero-order valence-corrected chi connectivity index (χ0v) is 13.9. The molecule has 0 bridgehead atoms. The Balaban J connectivity index is 2.03. The van der Waals surface area contributed by atoms with Gasteiger partial charge in [0.2, 0.25) is 0 Å². The van der Waals surface area contributed by atoms with Crippen LogP contribution in [-0.4, -0.2) is 13.2 Å². The number of hydrogen-bond acceptors (Lipinski definition) is 3. The first-order chi connectivity index (χ1) is 11.1. The lowest BCUT2D eigenvalue weighted by atomic mass is 10.1. The smallest absolute Gasteiger partial charge is 0.161 e. The van der Waals surface area contributed by atoms with Gasteiger partial charge in [-0.3, -0.25) is 0 Å². The van der Waals surface area contributed by atoms with Crippen LogP contribution in [0.5, 0.6) is 11.5 Å². The number of methoxy groups -OCH3 is 1. The van der Waals surface area contributed by atoms with E-state index in [1.165, 1.54) is 6.07 Å². The van der Waals surface area contributed by atoms with Crippen LogP contribution in [0.15, 0.2) is 42.5 Å². The van der Waals surface area contributed by atoms with E-state index in [-0.39, 0.29) is 12.4 Å². The van der Waals surface area contributed by atoms with Gasteiger partial charge in [0.05, 0.1) is 7.11 Å². The molecule has 0 saturated heterocycles. The molecule has 0 aromatic heterocycles. The van der Waals surface area contributed by atoms with Crippen LogP contribution < -0.4 is 14.8 Å². The highest BCUT2D eigenvalue weighted by Gasteiger charge is 2.08. The minimum atomic E-state index is -0.263. The average molecular weight is 317 g/mol. The molecule has 0 amide bonds. The topological polar surface area (TPSA) is 30.5 Å². The van der Waals surface area contributed by atoms with Gasteiger partial charge in [-0.15, -0.1) is 0 Å². The van der Waals surface area contributed by atoms with Gasteiger partial charge < -0.3 is 14.8 Å². The number of halogens is 1. The second kappa shape index (κ2) is 8.53. The molecule has 124 valence electrons. The molecule has 0 radical (unpaired) electrons. The van der Waals surface area contributed by atoms with Crippen molar-refractivity contribution in [3.63, 3.8) is 0 Å². The minimum Gasteiger partial charge on any atom is -0.493 e. The molecule has 0 spiro atoms. The largest absolute Gasteiger partial charge is 0.493 e. The summed E-state index contributed by atoms with van der Waals surface area (Å²) in [7, 11) is 1.61. The van der Waals surface area contributed by atoms with E-state index in [1.807, 2.05) is 18.2 Å². The fraction of sp³-hybridized carbons (Fsp3) is 0.368. The number of hydrogen-bond donors (Lipinski definition) is 1. The zero-order chi connectivity index (χ0) is 16.7. The summed E-state index contributed by atoms with van der Waals surface area (Å²) in [5.74, 6) is 1.01. The Morgan fingerprint density at radius 1 is 1.13 bits per heavy atom. The van der Waals surface area contributed by atoms with Crippen LogP contribution in [0.2, 0.25) is 0 Å². The summed E-state index contributed by atoms with van der Waals surface area (Å²) in [6.07, 6.45) is 1.08. The molecule has 23 heavy (non-hydrogen) atoms. The Hall–Kier alpha value is -2.07. The first-order valence-electron chi connectivity index (χ1n) is 7.90. The van der Waals surface area contributed by atoms with Gasteiger partial charge in [-0.2, -0.15) is 0 Å². The van der Waals surface area contributed by atoms with Crippen LogP contribution in [-0.2, 0) is 13.2 Å². The van der Waals surface area contributed by atoms with E-state index in [0.717, 1.165) is 18.5 Å². The predicted octanol–water partition coefficient (Wildman–Crippen LogP) is 4.30. The lowest BCUT2D eigenvalue weighted by Crippen LogP contribution is -2.24. The van der Waals surface area contributed by atoms with Crippen molar-refractivity contribution in [1.82, 2.24) is 5.32 Å². The molecule has 2 aromatic carbocycles. The first kappa shape index (κ1) is 17.3. The highest BCUT2D eigenvalue weighted by atomic mass is 19.1. The maximum absolute atomic E-state index is 13.6. The molecule has 0 heterocycles. The Morgan fingerprint density at radius 2 is 1.91 bits per heavy atom. The normalized spacial score (nSPS) is 12.0. The summed E-state index contributed by atoms with van der Waals surface area (Å²) in [4.78, 5) is 0. The molecule has 1 unspecified atom stereocenters. The van der Waals surface area contributed by atoms with Crippen LogP contribution in [0.25, 0.3) is 0 Å². The quantitative estimate of drug-likeness (QED) is 0.787. The summed E-state index contributed by atoms with van der Waals surface area (Å²) < 4.78 is 24.7. The fourth-order valence-electron chi connectivity index (χ4n) is 2.15. The van der Waals surface area contributed by atoms with Crippen LogP contribution in [0.4, 0.5) is 4.39 Å². The van der Waals surface area contributed by atoms with Gasteiger partial charge in [0.15, 0.2) is 11.5 Å². The van der Waals surface area contributed by atoms with E-state index in [0.29, 0.717) is 23.1 Å². The van der Waals surface area contributed by atoms with Crippen LogP contribution in [0.3, 0.4) is 0 Å². The van der Waals surface area contributed by atoms with E-state index in [9.17, 15) is 4.39 Å². The van der Waals surface area contributed by atoms with Crippen molar-refractivity contribution < 1.29 is 13.9 Å². The maximum atomic E-state index is 13.6. The average Bonchev–Trinajstić information content (AvgIpc) is 2.59.